The highest BCUT2D eigenvalue weighted by molar-refractivity contribution is 4.70. The van der Waals surface area contributed by atoms with Gasteiger partial charge in [0.25, 0.3) is 0 Å². The van der Waals surface area contributed by atoms with Gasteiger partial charge in [-0.3, -0.25) is 0 Å². The van der Waals surface area contributed by atoms with Crippen LogP contribution in [0.15, 0.2) is 12.7 Å². The van der Waals surface area contributed by atoms with Gasteiger partial charge in [-0.25, -0.2) is 0 Å². The summed E-state index contributed by atoms with van der Waals surface area (Å²) in [6.07, 6.45) is 20.5. The van der Waals surface area contributed by atoms with Crippen LogP contribution < -0.4 is 0 Å². The van der Waals surface area contributed by atoms with E-state index in [-0.39, 0.29) is 0 Å². The van der Waals surface area contributed by atoms with Gasteiger partial charge in [0.15, 0.2) is 0 Å². The number of rotatable bonds is 15. The second kappa shape index (κ2) is 15.1. The fourth-order valence-corrected chi connectivity index (χ4v) is 2.90. The molecule has 0 spiro atoms. The Hall–Kier alpha value is -0.260. The molecule has 2 atom stereocenters. The molecule has 0 nitrogen and oxygen atoms in total. The molecule has 0 heterocycles. The van der Waals surface area contributed by atoms with Crippen molar-refractivity contribution in [3.05, 3.63) is 12.7 Å². The van der Waals surface area contributed by atoms with Gasteiger partial charge < -0.3 is 0 Å². The fraction of sp³-hybridized carbons (Fsp3) is 0.900. The standard InChI is InChI=1S/C20H40/c1-5-7-9-10-11-12-13-14-15-16-18-20(4)19(3)17-8-6-2/h6,19-20H,2,5,7-18H2,1,3-4H3. The fourth-order valence-electron chi connectivity index (χ4n) is 2.90. The van der Waals surface area contributed by atoms with Crippen LogP contribution in [-0.2, 0) is 0 Å². The smallest absolute Gasteiger partial charge is 0.0351 e. The lowest BCUT2D eigenvalue weighted by molar-refractivity contribution is 0.334. The molecule has 0 saturated carbocycles. The third-order valence-corrected chi connectivity index (χ3v) is 4.81. The van der Waals surface area contributed by atoms with E-state index in [9.17, 15) is 0 Å². The zero-order chi connectivity index (χ0) is 15.1. The Kier molecular flexibility index (Phi) is 14.9. The third kappa shape index (κ3) is 12.8. The average molecular weight is 281 g/mol. The number of allylic oxidation sites excluding steroid dienone is 1. The second-order valence-corrected chi connectivity index (χ2v) is 6.79. The Balaban J connectivity index is 3.24. The van der Waals surface area contributed by atoms with Gasteiger partial charge in [-0.15, -0.1) is 6.58 Å². The Morgan fingerprint density at radius 2 is 1.15 bits per heavy atom. The maximum atomic E-state index is 3.82. The van der Waals surface area contributed by atoms with Gasteiger partial charge in [0.05, 0.1) is 0 Å². The zero-order valence-electron chi connectivity index (χ0n) is 14.6. The number of hydrogen-bond acceptors (Lipinski definition) is 0. The molecular formula is C20H40. The minimum Gasteiger partial charge on any atom is -0.103 e. The van der Waals surface area contributed by atoms with Gasteiger partial charge in [-0.05, 0) is 24.7 Å². The van der Waals surface area contributed by atoms with E-state index in [0.29, 0.717) is 0 Å². The summed E-state index contributed by atoms with van der Waals surface area (Å²) in [5.74, 6) is 1.76. The predicted molar refractivity (Wildman–Crippen MR) is 94.2 cm³/mol. The van der Waals surface area contributed by atoms with Gasteiger partial charge in [0, 0.05) is 0 Å². The Morgan fingerprint density at radius 1 is 0.700 bits per heavy atom. The van der Waals surface area contributed by atoms with E-state index in [4.69, 9.17) is 0 Å². The lowest BCUT2D eigenvalue weighted by atomic mass is 9.87. The Bertz CT molecular complexity index is 194. The highest BCUT2D eigenvalue weighted by Gasteiger charge is 2.10. The van der Waals surface area contributed by atoms with Crippen LogP contribution in [0.1, 0.15) is 104 Å². The van der Waals surface area contributed by atoms with Crippen molar-refractivity contribution in [2.45, 2.75) is 104 Å². The first-order chi connectivity index (χ1) is 9.72. The molecule has 0 bridgehead atoms. The van der Waals surface area contributed by atoms with Crippen LogP contribution in [0.25, 0.3) is 0 Å². The molecule has 2 unspecified atom stereocenters. The molecule has 0 aromatic carbocycles. The van der Waals surface area contributed by atoms with Crippen molar-refractivity contribution < 1.29 is 0 Å². The van der Waals surface area contributed by atoms with E-state index >= 15 is 0 Å². The molecule has 120 valence electrons. The summed E-state index contributed by atoms with van der Waals surface area (Å²) in [6.45, 7) is 10.9. The Labute approximate surface area is 129 Å². The summed E-state index contributed by atoms with van der Waals surface area (Å²) in [7, 11) is 0. The zero-order valence-corrected chi connectivity index (χ0v) is 14.6. The summed E-state index contributed by atoms with van der Waals surface area (Å²) in [5, 5.41) is 0. The summed E-state index contributed by atoms with van der Waals surface area (Å²) in [5.41, 5.74) is 0. The van der Waals surface area contributed by atoms with Crippen LogP contribution in [-0.4, -0.2) is 0 Å². The first kappa shape index (κ1) is 19.7. The van der Waals surface area contributed by atoms with E-state index in [2.05, 4.69) is 33.4 Å². The van der Waals surface area contributed by atoms with Crippen molar-refractivity contribution in [3.8, 4) is 0 Å². The first-order valence-corrected chi connectivity index (χ1v) is 9.33. The molecule has 20 heavy (non-hydrogen) atoms. The van der Waals surface area contributed by atoms with E-state index < -0.39 is 0 Å². The molecule has 0 heteroatoms. The monoisotopic (exact) mass is 280 g/mol. The molecule has 0 aliphatic heterocycles. The van der Waals surface area contributed by atoms with Crippen molar-refractivity contribution in [3.63, 3.8) is 0 Å². The predicted octanol–water partition coefficient (Wildman–Crippen LogP) is 7.54. The molecule has 0 amide bonds. The van der Waals surface area contributed by atoms with Gasteiger partial charge >= 0.3 is 0 Å². The summed E-state index contributed by atoms with van der Waals surface area (Å²) >= 11 is 0. The van der Waals surface area contributed by atoms with Gasteiger partial charge in [0.2, 0.25) is 0 Å². The summed E-state index contributed by atoms with van der Waals surface area (Å²) in [4.78, 5) is 0. The largest absolute Gasteiger partial charge is 0.103 e. The average Bonchev–Trinajstić information content (AvgIpc) is 2.46. The van der Waals surface area contributed by atoms with E-state index in [1.54, 1.807) is 0 Å². The summed E-state index contributed by atoms with van der Waals surface area (Å²) < 4.78 is 0. The maximum Gasteiger partial charge on any atom is -0.0351 e. The van der Waals surface area contributed by atoms with Crippen molar-refractivity contribution in [1.29, 1.82) is 0 Å². The second-order valence-electron chi connectivity index (χ2n) is 6.79. The van der Waals surface area contributed by atoms with Crippen LogP contribution in [0.4, 0.5) is 0 Å². The molecule has 0 aromatic rings. The lowest BCUT2D eigenvalue weighted by Gasteiger charge is -2.19. The van der Waals surface area contributed by atoms with Crippen LogP contribution in [0.5, 0.6) is 0 Å². The third-order valence-electron chi connectivity index (χ3n) is 4.81. The molecule has 0 rings (SSSR count). The lowest BCUT2D eigenvalue weighted by Crippen LogP contribution is -2.07. The van der Waals surface area contributed by atoms with E-state index in [1.807, 2.05) is 0 Å². The van der Waals surface area contributed by atoms with Crippen molar-refractivity contribution in [2.75, 3.05) is 0 Å². The van der Waals surface area contributed by atoms with Crippen LogP contribution in [0, 0.1) is 11.8 Å². The van der Waals surface area contributed by atoms with E-state index in [1.165, 1.54) is 83.5 Å². The molecule has 0 aromatic heterocycles. The minimum absolute atomic E-state index is 0.867. The highest BCUT2D eigenvalue weighted by Crippen LogP contribution is 2.23. The molecule has 0 fully saturated rings. The molecule has 0 aliphatic rings. The van der Waals surface area contributed by atoms with Crippen molar-refractivity contribution in [2.24, 2.45) is 11.8 Å². The first-order valence-electron chi connectivity index (χ1n) is 9.33. The molecule has 0 radical (unpaired) electrons. The Morgan fingerprint density at radius 3 is 1.65 bits per heavy atom. The van der Waals surface area contributed by atoms with Gasteiger partial charge in [0.1, 0.15) is 0 Å². The maximum absolute atomic E-state index is 3.82. The van der Waals surface area contributed by atoms with Crippen molar-refractivity contribution >= 4 is 0 Å². The minimum atomic E-state index is 0.867. The summed E-state index contributed by atoms with van der Waals surface area (Å²) in [6, 6.07) is 0. The van der Waals surface area contributed by atoms with Crippen LogP contribution >= 0.6 is 0 Å². The van der Waals surface area contributed by atoms with E-state index in [0.717, 1.165) is 11.8 Å². The van der Waals surface area contributed by atoms with Crippen molar-refractivity contribution in [1.82, 2.24) is 0 Å². The van der Waals surface area contributed by atoms with Gasteiger partial charge in [-0.2, -0.15) is 0 Å². The number of hydrogen-bond donors (Lipinski definition) is 0. The highest BCUT2D eigenvalue weighted by atomic mass is 14.2. The quantitative estimate of drug-likeness (QED) is 0.215. The molecular weight excluding hydrogens is 240 g/mol. The van der Waals surface area contributed by atoms with Gasteiger partial charge in [-0.1, -0.05) is 97.5 Å². The molecule has 0 N–H and O–H groups in total. The number of unbranched alkanes of at least 4 members (excludes halogenated alkanes) is 9. The molecule has 0 saturated heterocycles. The van der Waals surface area contributed by atoms with Crippen LogP contribution in [0.2, 0.25) is 0 Å². The normalized spacial score (nSPS) is 14.2. The topological polar surface area (TPSA) is 0 Å². The molecule has 0 aliphatic carbocycles. The SMILES string of the molecule is C=CCCC(C)C(C)CCCCCCCCCCCC. The van der Waals surface area contributed by atoms with Crippen LogP contribution in [0.3, 0.4) is 0 Å².